The normalized spacial score (nSPS) is 10.4. The zero-order valence-electron chi connectivity index (χ0n) is 9.03. The van der Waals surface area contributed by atoms with Crippen LogP contribution in [0.5, 0.6) is 0 Å². The van der Waals surface area contributed by atoms with Crippen LogP contribution in [0.25, 0.3) is 11.3 Å². The van der Waals surface area contributed by atoms with E-state index in [1.807, 2.05) is 24.3 Å². The molecule has 2 rings (SSSR count). The molecule has 0 bridgehead atoms. The zero-order valence-corrected chi connectivity index (χ0v) is 9.85. The third kappa shape index (κ3) is 2.22. The Labute approximate surface area is 98.2 Å². The van der Waals surface area contributed by atoms with Gasteiger partial charge in [0.15, 0.2) is 0 Å². The van der Waals surface area contributed by atoms with Crippen molar-refractivity contribution in [3.05, 3.63) is 34.7 Å². The summed E-state index contributed by atoms with van der Waals surface area (Å²) in [7, 11) is 0. The Morgan fingerprint density at radius 2 is 2.06 bits per heavy atom. The average Bonchev–Trinajstić information content (AvgIpc) is 2.78. The molecule has 0 amide bonds. The summed E-state index contributed by atoms with van der Waals surface area (Å²) in [5.41, 5.74) is 4.48. The van der Waals surface area contributed by atoms with Crippen LogP contribution in [0.1, 0.15) is 11.8 Å². The fraction of sp³-hybridized carbons (Fsp3) is 0.250. The third-order valence-electron chi connectivity index (χ3n) is 2.30. The van der Waals surface area contributed by atoms with Crippen molar-refractivity contribution in [2.24, 2.45) is 0 Å². The molecule has 0 aliphatic heterocycles. The number of hydrogen-bond acceptors (Lipinski definition) is 3. The maximum absolute atomic E-state index is 12.7. The lowest BCUT2D eigenvalue weighted by Gasteiger charge is -2.04. The average molecular weight is 236 g/mol. The number of aromatic nitrogens is 1. The lowest BCUT2D eigenvalue weighted by atomic mass is 10.1. The number of halogens is 1. The molecule has 0 saturated heterocycles. The number of rotatable bonds is 4. The van der Waals surface area contributed by atoms with E-state index in [-0.39, 0.29) is 0 Å². The van der Waals surface area contributed by atoms with E-state index >= 15 is 0 Å². The Morgan fingerprint density at radius 3 is 2.69 bits per heavy atom. The highest BCUT2D eigenvalue weighted by Crippen LogP contribution is 2.27. The molecule has 1 heterocycles. The summed E-state index contributed by atoms with van der Waals surface area (Å²) in [6.45, 7) is 2.50. The van der Waals surface area contributed by atoms with Crippen LogP contribution in [0.15, 0.2) is 29.8 Å². The van der Waals surface area contributed by atoms with Gasteiger partial charge in [-0.15, -0.1) is 11.3 Å². The number of anilines is 1. The van der Waals surface area contributed by atoms with Gasteiger partial charge in [0.1, 0.15) is 6.67 Å². The van der Waals surface area contributed by atoms with Crippen molar-refractivity contribution in [3.63, 3.8) is 0 Å². The summed E-state index contributed by atoms with van der Waals surface area (Å²) in [5.74, 6) is 0. The second-order valence-electron chi connectivity index (χ2n) is 3.37. The molecule has 0 atom stereocenters. The third-order valence-corrected chi connectivity index (χ3v) is 3.10. The first-order valence-electron chi connectivity index (χ1n) is 5.17. The lowest BCUT2D eigenvalue weighted by Crippen LogP contribution is -1.95. The molecule has 16 heavy (non-hydrogen) atoms. The molecule has 0 aliphatic rings. The van der Waals surface area contributed by atoms with Crippen LogP contribution in [-0.4, -0.2) is 11.5 Å². The Hall–Kier alpha value is -1.42. The van der Waals surface area contributed by atoms with E-state index in [1.54, 1.807) is 5.51 Å². The van der Waals surface area contributed by atoms with Crippen LogP contribution < -0.4 is 5.32 Å². The minimum absolute atomic E-state index is 0.449. The molecule has 0 saturated carbocycles. The number of hydrogen-bond donors (Lipinski definition) is 1. The van der Waals surface area contributed by atoms with Crippen LogP contribution in [0, 0.1) is 0 Å². The van der Waals surface area contributed by atoms with Crippen molar-refractivity contribution in [1.82, 2.24) is 4.98 Å². The van der Waals surface area contributed by atoms with Gasteiger partial charge in [-0.1, -0.05) is 12.1 Å². The van der Waals surface area contributed by atoms with Gasteiger partial charge in [0, 0.05) is 17.8 Å². The summed E-state index contributed by atoms with van der Waals surface area (Å²) in [6, 6.07) is 7.90. The molecule has 0 aliphatic carbocycles. The van der Waals surface area contributed by atoms with Crippen molar-refractivity contribution in [2.45, 2.75) is 13.6 Å². The first-order valence-corrected chi connectivity index (χ1v) is 6.05. The molecule has 2 aromatic rings. The summed E-state index contributed by atoms with van der Waals surface area (Å²) in [5, 5.41) is 3.22. The number of nitrogens with zero attached hydrogens (tertiary/aromatic N) is 1. The maximum atomic E-state index is 12.7. The second-order valence-corrected chi connectivity index (χ2v) is 4.30. The van der Waals surface area contributed by atoms with Crippen molar-refractivity contribution in [1.29, 1.82) is 0 Å². The van der Waals surface area contributed by atoms with Crippen LogP contribution in [0.2, 0.25) is 0 Å². The minimum Gasteiger partial charge on any atom is -0.385 e. The molecule has 1 N–H and O–H groups in total. The van der Waals surface area contributed by atoms with E-state index in [4.69, 9.17) is 0 Å². The SMILES string of the molecule is CCNc1ccc(-c2ncsc2CF)cc1. The Bertz CT molecular complexity index is 450. The summed E-state index contributed by atoms with van der Waals surface area (Å²) in [4.78, 5) is 4.88. The summed E-state index contributed by atoms with van der Waals surface area (Å²) < 4.78 is 12.7. The zero-order chi connectivity index (χ0) is 11.4. The fourth-order valence-corrected chi connectivity index (χ4v) is 2.18. The molecule has 1 aromatic heterocycles. The topological polar surface area (TPSA) is 24.9 Å². The summed E-state index contributed by atoms with van der Waals surface area (Å²) >= 11 is 1.36. The highest BCUT2D eigenvalue weighted by Gasteiger charge is 2.07. The minimum atomic E-state index is -0.449. The number of benzene rings is 1. The predicted octanol–water partition coefficient (Wildman–Crippen LogP) is 3.71. The molecule has 2 nitrogen and oxygen atoms in total. The maximum Gasteiger partial charge on any atom is 0.126 e. The van der Waals surface area contributed by atoms with E-state index in [9.17, 15) is 4.39 Å². The first kappa shape index (κ1) is 11.1. The Balaban J connectivity index is 2.27. The van der Waals surface area contributed by atoms with Crippen molar-refractivity contribution >= 4 is 17.0 Å². The van der Waals surface area contributed by atoms with Gasteiger partial charge in [-0.25, -0.2) is 9.37 Å². The van der Waals surface area contributed by atoms with Crippen LogP contribution in [0.3, 0.4) is 0 Å². The molecule has 4 heteroatoms. The van der Waals surface area contributed by atoms with Gasteiger partial charge in [0.25, 0.3) is 0 Å². The summed E-state index contributed by atoms with van der Waals surface area (Å²) in [6.07, 6.45) is 0. The number of nitrogens with one attached hydrogen (secondary N) is 1. The van der Waals surface area contributed by atoms with Gasteiger partial charge in [0.2, 0.25) is 0 Å². The number of alkyl halides is 1. The van der Waals surface area contributed by atoms with Gasteiger partial charge in [-0.2, -0.15) is 0 Å². The Morgan fingerprint density at radius 1 is 1.31 bits per heavy atom. The van der Waals surface area contributed by atoms with E-state index in [0.717, 1.165) is 23.5 Å². The largest absolute Gasteiger partial charge is 0.385 e. The van der Waals surface area contributed by atoms with Crippen molar-refractivity contribution < 1.29 is 4.39 Å². The van der Waals surface area contributed by atoms with E-state index < -0.39 is 6.67 Å². The first-order chi connectivity index (χ1) is 7.85. The second kappa shape index (κ2) is 5.07. The van der Waals surface area contributed by atoms with E-state index in [1.165, 1.54) is 11.3 Å². The molecule has 84 valence electrons. The van der Waals surface area contributed by atoms with Crippen molar-refractivity contribution in [2.75, 3.05) is 11.9 Å². The highest BCUT2D eigenvalue weighted by molar-refractivity contribution is 7.10. The Kier molecular flexibility index (Phi) is 3.51. The van der Waals surface area contributed by atoms with Crippen LogP contribution in [0.4, 0.5) is 10.1 Å². The van der Waals surface area contributed by atoms with Crippen molar-refractivity contribution in [3.8, 4) is 11.3 Å². The standard InChI is InChI=1S/C12H13FN2S/c1-2-14-10-5-3-9(4-6-10)12-11(7-13)16-8-15-12/h3-6,8,14H,2,7H2,1H3. The molecule has 1 aromatic carbocycles. The van der Waals surface area contributed by atoms with Crippen LogP contribution in [-0.2, 0) is 6.67 Å². The smallest absolute Gasteiger partial charge is 0.126 e. The molecular weight excluding hydrogens is 223 g/mol. The molecule has 0 spiro atoms. The molecule has 0 fully saturated rings. The van der Waals surface area contributed by atoms with Gasteiger partial charge in [-0.05, 0) is 19.1 Å². The number of thiazole rings is 1. The van der Waals surface area contributed by atoms with Gasteiger partial charge in [-0.3, -0.25) is 0 Å². The van der Waals surface area contributed by atoms with E-state index in [0.29, 0.717) is 4.88 Å². The molecule has 0 radical (unpaired) electrons. The lowest BCUT2D eigenvalue weighted by molar-refractivity contribution is 0.491. The fourth-order valence-electron chi connectivity index (χ4n) is 1.55. The molecular formula is C12H13FN2S. The quantitative estimate of drug-likeness (QED) is 0.875. The van der Waals surface area contributed by atoms with Crippen LogP contribution >= 0.6 is 11.3 Å². The van der Waals surface area contributed by atoms with Gasteiger partial charge in [0.05, 0.1) is 16.1 Å². The highest BCUT2D eigenvalue weighted by atomic mass is 32.1. The van der Waals surface area contributed by atoms with E-state index in [2.05, 4.69) is 17.2 Å². The molecule has 0 unspecified atom stereocenters. The predicted molar refractivity (Wildman–Crippen MR) is 66.5 cm³/mol. The van der Waals surface area contributed by atoms with Gasteiger partial charge < -0.3 is 5.32 Å². The van der Waals surface area contributed by atoms with Gasteiger partial charge >= 0.3 is 0 Å². The monoisotopic (exact) mass is 236 g/mol.